The third-order valence-corrected chi connectivity index (χ3v) is 8.68. The number of carbonyl (C=O) groups is 1. The third-order valence-electron chi connectivity index (χ3n) is 7.14. The Morgan fingerprint density at radius 2 is 1.95 bits per heavy atom. The van der Waals surface area contributed by atoms with Gasteiger partial charge < -0.3 is 14.8 Å². The van der Waals surface area contributed by atoms with Gasteiger partial charge in [-0.2, -0.15) is 9.78 Å². The number of nitrogens with zero attached hydrogens (tertiary/aromatic N) is 3. The van der Waals surface area contributed by atoms with Crippen LogP contribution >= 0.6 is 0 Å². The van der Waals surface area contributed by atoms with Gasteiger partial charge in [0.15, 0.2) is 5.69 Å². The van der Waals surface area contributed by atoms with Crippen LogP contribution in [-0.2, 0) is 14.8 Å². The third kappa shape index (κ3) is 5.71. The van der Waals surface area contributed by atoms with Crippen LogP contribution in [0.15, 0.2) is 41.3 Å². The molecular formula is C27H31N5O7S. The lowest BCUT2D eigenvalue weighted by Crippen LogP contribution is -2.32. The highest BCUT2D eigenvalue weighted by atomic mass is 32.2. The van der Waals surface area contributed by atoms with Crippen LogP contribution in [0.1, 0.15) is 52.9 Å². The highest BCUT2D eigenvalue weighted by Crippen LogP contribution is 2.37. The van der Waals surface area contributed by atoms with Crippen LogP contribution in [0.2, 0.25) is 0 Å². The summed E-state index contributed by atoms with van der Waals surface area (Å²) in [5.41, 5.74) is 2.59. The summed E-state index contributed by atoms with van der Waals surface area (Å²) >= 11 is 0. The second kappa shape index (κ2) is 11.0. The fraction of sp³-hybridized carbons (Fsp3) is 0.407. The van der Waals surface area contributed by atoms with Gasteiger partial charge in [0.1, 0.15) is 10.6 Å². The molecular weight excluding hydrogens is 538 g/mol. The molecule has 3 aromatic rings. The van der Waals surface area contributed by atoms with Crippen LogP contribution in [0.5, 0.6) is 11.6 Å². The molecule has 1 atom stereocenters. The molecule has 0 radical (unpaired) electrons. The number of hydrogen-bond acceptors (Lipinski definition) is 8. The Balaban J connectivity index is 1.58. The minimum atomic E-state index is -4.14. The van der Waals surface area contributed by atoms with Gasteiger partial charge in [0.05, 0.1) is 16.7 Å². The van der Waals surface area contributed by atoms with Gasteiger partial charge in [0, 0.05) is 36.9 Å². The van der Waals surface area contributed by atoms with E-state index in [2.05, 4.69) is 15.1 Å². The van der Waals surface area contributed by atoms with Crippen molar-refractivity contribution in [3.05, 3.63) is 68.9 Å². The molecule has 1 saturated heterocycles. The van der Waals surface area contributed by atoms with Gasteiger partial charge in [-0.05, 0) is 69.7 Å². The lowest BCUT2D eigenvalue weighted by atomic mass is 10.1. The summed E-state index contributed by atoms with van der Waals surface area (Å²) in [7, 11) is -4.14. The van der Waals surface area contributed by atoms with Gasteiger partial charge in [0.25, 0.3) is 11.6 Å². The average molecular weight is 570 g/mol. The first-order valence-electron chi connectivity index (χ1n) is 13.1. The summed E-state index contributed by atoms with van der Waals surface area (Å²) in [5.74, 6) is -0.429. The summed E-state index contributed by atoms with van der Waals surface area (Å²) in [6.07, 6.45) is 3.11. The molecule has 1 aliphatic heterocycles. The minimum absolute atomic E-state index is 0.0621. The topological polar surface area (TPSA) is 155 Å². The van der Waals surface area contributed by atoms with E-state index in [1.54, 1.807) is 6.92 Å². The van der Waals surface area contributed by atoms with Crippen molar-refractivity contribution in [2.45, 2.75) is 63.5 Å². The summed E-state index contributed by atoms with van der Waals surface area (Å²) < 4.78 is 42.3. The number of aromatic nitrogens is 2. The van der Waals surface area contributed by atoms with Crippen molar-refractivity contribution in [1.82, 2.24) is 19.8 Å². The van der Waals surface area contributed by atoms with E-state index >= 15 is 0 Å². The number of rotatable bonds is 10. The Labute approximate surface area is 231 Å². The number of aryl methyl sites for hydroxylation is 1. The normalized spacial score (nSPS) is 17.1. The van der Waals surface area contributed by atoms with E-state index in [0.717, 1.165) is 30.0 Å². The smallest absolute Gasteiger partial charge is 0.272 e. The molecule has 13 heteroatoms. The van der Waals surface area contributed by atoms with Gasteiger partial charge in [-0.15, -0.1) is 0 Å². The molecule has 0 bridgehead atoms. The molecule has 212 valence electrons. The maximum atomic E-state index is 13.2. The predicted octanol–water partition coefficient (Wildman–Crippen LogP) is 3.85. The molecule has 2 aliphatic rings. The van der Waals surface area contributed by atoms with Crippen LogP contribution in [0.3, 0.4) is 0 Å². The quantitative estimate of drug-likeness (QED) is 0.276. The number of benzene rings is 2. The van der Waals surface area contributed by atoms with Crippen LogP contribution in [0, 0.1) is 30.9 Å². The van der Waals surface area contributed by atoms with Crippen molar-refractivity contribution in [1.29, 1.82) is 0 Å². The Bertz CT molecular complexity index is 1570. The van der Waals surface area contributed by atoms with Crippen molar-refractivity contribution < 1.29 is 27.6 Å². The molecule has 0 unspecified atom stereocenters. The molecule has 40 heavy (non-hydrogen) atoms. The maximum absolute atomic E-state index is 13.2. The van der Waals surface area contributed by atoms with Crippen molar-refractivity contribution in [2.24, 2.45) is 0 Å². The number of hydrogen-bond donors (Lipinski definition) is 2. The SMILES string of the molecule is Cc1cccc(-n2nc(C(=O)NC[C@@H]3CCCO3)c(C)c2Oc2ccc([N+](=O)[O-])cc2S(=O)(=O)NC2CC2)c1C. The number of amides is 1. The minimum Gasteiger partial charge on any atom is -0.437 e. The largest absolute Gasteiger partial charge is 0.437 e. The Morgan fingerprint density at radius 3 is 2.62 bits per heavy atom. The Kier molecular flexibility index (Phi) is 7.62. The van der Waals surface area contributed by atoms with E-state index in [0.29, 0.717) is 37.2 Å². The highest BCUT2D eigenvalue weighted by molar-refractivity contribution is 7.89. The molecule has 0 spiro atoms. The van der Waals surface area contributed by atoms with Gasteiger partial charge in [0.2, 0.25) is 15.9 Å². The van der Waals surface area contributed by atoms with Crippen LogP contribution < -0.4 is 14.8 Å². The predicted molar refractivity (Wildman–Crippen MR) is 146 cm³/mol. The zero-order valence-corrected chi connectivity index (χ0v) is 23.3. The van der Waals surface area contributed by atoms with E-state index in [1.165, 1.54) is 16.8 Å². The van der Waals surface area contributed by atoms with Gasteiger partial charge >= 0.3 is 0 Å². The summed E-state index contributed by atoms with van der Waals surface area (Å²) in [5, 5.41) is 18.9. The van der Waals surface area contributed by atoms with E-state index in [-0.39, 0.29) is 34.4 Å². The summed E-state index contributed by atoms with van der Waals surface area (Å²) in [6, 6.07) is 8.78. The van der Waals surface area contributed by atoms with Gasteiger partial charge in [-0.1, -0.05) is 12.1 Å². The Morgan fingerprint density at radius 1 is 1.18 bits per heavy atom. The number of ether oxygens (including phenoxy) is 2. The average Bonchev–Trinajstić information content (AvgIpc) is 3.44. The number of carbonyl (C=O) groups excluding carboxylic acids is 1. The maximum Gasteiger partial charge on any atom is 0.272 e. The first-order valence-corrected chi connectivity index (χ1v) is 14.6. The number of nitrogens with one attached hydrogen (secondary N) is 2. The molecule has 1 aromatic heterocycles. The standard InChI is InChI=1S/C27H31N5O7S/c1-16-6-4-8-22(17(16)2)31-27(18(3)25(29-31)26(33)28-15-21-7-5-13-38-21)39-23-12-11-20(32(34)35)14-24(23)40(36,37)30-19-9-10-19/h4,6,8,11-12,14,19,21,30H,5,7,9-10,13,15H2,1-3H3,(H,28,33)/t21-/m0/s1. The Hall–Kier alpha value is -3.81. The molecule has 2 N–H and O–H groups in total. The molecule has 12 nitrogen and oxygen atoms in total. The second-order valence-electron chi connectivity index (χ2n) is 10.1. The van der Waals surface area contributed by atoms with Crippen LogP contribution in [0.25, 0.3) is 5.69 Å². The molecule has 1 amide bonds. The van der Waals surface area contributed by atoms with Crippen molar-refractivity contribution in [3.63, 3.8) is 0 Å². The fourth-order valence-corrected chi connectivity index (χ4v) is 5.98. The summed E-state index contributed by atoms with van der Waals surface area (Å²) in [6.45, 7) is 6.50. The fourth-order valence-electron chi connectivity index (χ4n) is 4.53. The van der Waals surface area contributed by atoms with Crippen molar-refractivity contribution in [3.8, 4) is 17.3 Å². The molecule has 2 fully saturated rings. The molecule has 5 rings (SSSR count). The monoisotopic (exact) mass is 569 g/mol. The van der Waals surface area contributed by atoms with E-state index < -0.39 is 26.5 Å². The zero-order valence-electron chi connectivity index (χ0n) is 22.5. The van der Waals surface area contributed by atoms with Crippen molar-refractivity contribution in [2.75, 3.05) is 13.2 Å². The van der Waals surface area contributed by atoms with E-state index in [1.807, 2.05) is 32.0 Å². The van der Waals surface area contributed by atoms with Gasteiger partial charge in [-0.25, -0.2) is 13.1 Å². The molecule has 1 saturated carbocycles. The second-order valence-corrected chi connectivity index (χ2v) is 11.8. The first-order chi connectivity index (χ1) is 19.0. The van der Waals surface area contributed by atoms with Gasteiger partial charge in [-0.3, -0.25) is 14.9 Å². The van der Waals surface area contributed by atoms with Crippen LogP contribution in [-0.4, -0.2) is 54.3 Å². The number of sulfonamides is 1. The zero-order chi connectivity index (χ0) is 28.6. The number of nitro benzene ring substituents is 1. The summed E-state index contributed by atoms with van der Waals surface area (Å²) in [4.78, 5) is 23.6. The van der Waals surface area contributed by atoms with Crippen LogP contribution in [0.4, 0.5) is 5.69 Å². The van der Waals surface area contributed by atoms with E-state index in [4.69, 9.17) is 9.47 Å². The van der Waals surface area contributed by atoms with E-state index in [9.17, 15) is 23.3 Å². The highest BCUT2D eigenvalue weighted by Gasteiger charge is 2.32. The van der Waals surface area contributed by atoms with Crippen molar-refractivity contribution >= 4 is 21.6 Å². The number of nitro groups is 1. The molecule has 1 aliphatic carbocycles. The molecule has 2 aromatic carbocycles. The first kappa shape index (κ1) is 27.7. The lowest BCUT2D eigenvalue weighted by Gasteiger charge is -2.15. The molecule has 2 heterocycles. The lowest BCUT2D eigenvalue weighted by molar-refractivity contribution is -0.385. The number of non-ortho nitro benzene ring substituents is 1.